The minimum absolute atomic E-state index is 0.209. The fourth-order valence-electron chi connectivity index (χ4n) is 2.03. The second kappa shape index (κ2) is 4.55. The number of thioether (sulfide) groups is 1. The third-order valence-electron chi connectivity index (χ3n) is 2.85. The number of benzene rings is 1. The van der Waals surface area contributed by atoms with Gasteiger partial charge < -0.3 is 10.7 Å². The molecule has 5 nitrogen and oxygen atoms in total. The van der Waals surface area contributed by atoms with Crippen LogP contribution in [0, 0.1) is 6.92 Å². The average Bonchev–Trinajstić information content (AvgIpc) is 2.75. The van der Waals surface area contributed by atoms with Gasteiger partial charge in [-0.3, -0.25) is 4.79 Å². The number of aromatic amines is 1. The van der Waals surface area contributed by atoms with Crippen molar-refractivity contribution in [2.45, 2.75) is 11.9 Å². The van der Waals surface area contributed by atoms with Crippen LogP contribution in [0.4, 0.5) is 0 Å². The number of fused-ring (bicyclic) bond motifs is 3. The van der Waals surface area contributed by atoms with Gasteiger partial charge in [-0.1, -0.05) is 23.4 Å². The Hall–Kier alpha value is -2.08. The van der Waals surface area contributed by atoms with Crippen LogP contribution >= 0.6 is 11.8 Å². The number of aromatic nitrogens is 3. The van der Waals surface area contributed by atoms with Gasteiger partial charge in [0.2, 0.25) is 5.91 Å². The fourth-order valence-corrected chi connectivity index (χ4v) is 2.73. The summed E-state index contributed by atoms with van der Waals surface area (Å²) in [5.41, 5.74) is 9.09. The molecule has 0 radical (unpaired) electrons. The van der Waals surface area contributed by atoms with Gasteiger partial charge in [-0.15, -0.1) is 0 Å². The highest BCUT2D eigenvalue weighted by atomic mass is 32.2. The second-order valence-corrected chi connectivity index (χ2v) is 5.30. The molecular weight excluding hydrogens is 260 g/mol. The third-order valence-corrected chi connectivity index (χ3v) is 3.87. The molecular formula is C13H12N4OS. The highest BCUT2D eigenvalue weighted by Gasteiger charge is 2.11. The number of H-pyrrole nitrogens is 1. The van der Waals surface area contributed by atoms with Crippen LogP contribution in [-0.2, 0) is 4.79 Å². The number of amides is 1. The molecule has 2 aromatic heterocycles. The Morgan fingerprint density at radius 1 is 1.42 bits per heavy atom. The molecule has 0 aliphatic carbocycles. The quantitative estimate of drug-likeness (QED) is 0.564. The monoisotopic (exact) mass is 272 g/mol. The van der Waals surface area contributed by atoms with Gasteiger partial charge in [0.05, 0.1) is 11.3 Å². The summed E-state index contributed by atoms with van der Waals surface area (Å²) in [6.45, 7) is 2.04. The highest BCUT2D eigenvalue weighted by Crippen LogP contribution is 2.29. The number of carbonyl (C=O) groups excluding carboxylic acids is 1. The van der Waals surface area contributed by atoms with Crippen molar-refractivity contribution in [1.29, 1.82) is 0 Å². The van der Waals surface area contributed by atoms with Crippen molar-refractivity contribution in [3.05, 3.63) is 30.1 Å². The average molecular weight is 272 g/mol. The number of primary amides is 1. The van der Waals surface area contributed by atoms with Crippen molar-refractivity contribution in [1.82, 2.24) is 15.0 Å². The standard InChI is InChI=1S/C13H12N4OS/c1-7-2-3-9-8(4-7)11-12(17-9)13(16-6-15-11)19-5-10(14)18/h2-4,6,17H,5H2,1H3,(H2,14,18). The Labute approximate surface area is 113 Å². The number of nitrogens with one attached hydrogen (secondary N) is 1. The van der Waals surface area contributed by atoms with Gasteiger partial charge in [0.1, 0.15) is 16.9 Å². The number of carbonyl (C=O) groups is 1. The maximum Gasteiger partial charge on any atom is 0.227 e. The molecule has 3 aromatic rings. The van der Waals surface area contributed by atoms with Crippen LogP contribution in [-0.4, -0.2) is 26.6 Å². The van der Waals surface area contributed by atoms with Crippen LogP contribution in [0.25, 0.3) is 21.9 Å². The summed E-state index contributed by atoms with van der Waals surface area (Å²) in [6, 6.07) is 6.15. The SMILES string of the molecule is Cc1ccc2[nH]c3c(SCC(N)=O)ncnc3c2c1. The van der Waals surface area contributed by atoms with Gasteiger partial charge in [-0.05, 0) is 19.1 Å². The lowest BCUT2D eigenvalue weighted by Gasteiger charge is -1.99. The van der Waals surface area contributed by atoms with E-state index < -0.39 is 0 Å². The number of nitrogens with zero attached hydrogens (tertiary/aromatic N) is 2. The molecule has 0 saturated carbocycles. The molecule has 0 bridgehead atoms. The van der Waals surface area contributed by atoms with E-state index in [0.29, 0.717) is 0 Å². The van der Waals surface area contributed by atoms with Crippen LogP contribution in [0.1, 0.15) is 5.56 Å². The molecule has 6 heteroatoms. The molecule has 0 aliphatic rings. The van der Waals surface area contributed by atoms with E-state index in [2.05, 4.69) is 21.0 Å². The zero-order valence-electron chi connectivity index (χ0n) is 10.3. The summed E-state index contributed by atoms with van der Waals surface area (Å²) in [5.74, 6) is -0.149. The molecule has 0 fully saturated rings. The van der Waals surface area contributed by atoms with E-state index in [1.807, 2.05) is 19.1 Å². The third kappa shape index (κ3) is 2.15. The lowest BCUT2D eigenvalue weighted by molar-refractivity contribution is -0.115. The molecule has 1 amide bonds. The number of rotatable bonds is 3. The van der Waals surface area contributed by atoms with Gasteiger partial charge in [0.15, 0.2) is 0 Å². The zero-order chi connectivity index (χ0) is 13.4. The van der Waals surface area contributed by atoms with Crippen molar-refractivity contribution >= 4 is 39.6 Å². The molecule has 1 aromatic carbocycles. The largest absolute Gasteiger partial charge is 0.369 e. The molecule has 0 spiro atoms. The summed E-state index contributed by atoms with van der Waals surface area (Å²) >= 11 is 1.32. The number of nitrogens with two attached hydrogens (primary N) is 1. The number of hydrogen-bond donors (Lipinski definition) is 2. The Bertz CT molecular complexity index is 781. The summed E-state index contributed by atoms with van der Waals surface area (Å²) in [4.78, 5) is 22.7. The van der Waals surface area contributed by atoms with E-state index in [9.17, 15) is 4.79 Å². The maximum absolute atomic E-state index is 10.9. The molecule has 3 rings (SSSR count). The summed E-state index contributed by atoms with van der Waals surface area (Å²) in [5, 5.41) is 1.82. The first-order chi connectivity index (χ1) is 9.15. The Morgan fingerprint density at radius 2 is 2.26 bits per heavy atom. The molecule has 0 saturated heterocycles. The summed E-state index contributed by atoms with van der Waals surface area (Å²) in [7, 11) is 0. The van der Waals surface area contributed by atoms with Crippen LogP contribution < -0.4 is 5.73 Å². The van der Waals surface area contributed by atoms with E-state index in [4.69, 9.17) is 5.73 Å². The fraction of sp³-hybridized carbons (Fsp3) is 0.154. The number of hydrogen-bond acceptors (Lipinski definition) is 4. The van der Waals surface area contributed by atoms with Gasteiger partial charge >= 0.3 is 0 Å². The van der Waals surface area contributed by atoms with Gasteiger partial charge in [0.25, 0.3) is 0 Å². The highest BCUT2D eigenvalue weighted by molar-refractivity contribution is 8.00. The smallest absolute Gasteiger partial charge is 0.227 e. The molecule has 96 valence electrons. The van der Waals surface area contributed by atoms with E-state index in [1.165, 1.54) is 23.7 Å². The van der Waals surface area contributed by atoms with E-state index in [1.54, 1.807) is 0 Å². The first kappa shape index (κ1) is 12.0. The summed E-state index contributed by atoms with van der Waals surface area (Å²) in [6.07, 6.45) is 1.52. The van der Waals surface area contributed by atoms with E-state index in [0.717, 1.165) is 27.0 Å². The predicted octanol–water partition coefficient (Wildman–Crippen LogP) is 2.00. The molecule has 19 heavy (non-hydrogen) atoms. The molecule has 0 unspecified atom stereocenters. The maximum atomic E-state index is 10.9. The van der Waals surface area contributed by atoms with Crippen LogP contribution in [0.5, 0.6) is 0 Å². The van der Waals surface area contributed by atoms with E-state index in [-0.39, 0.29) is 11.7 Å². The van der Waals surface area contributed by atoms with Crippen molar-refractivity contribution in [2.75, 3.05) is 5.75 Å². The lowest BCUT2D eigenvalue weighted by atomic mass is 10.2. The van der Waals surface area contributed by atoms with Crippen molar-refractivity contribution < 1.29 is 4.79 Å². The van der Waals surface area contributed by atoms with Crippen LogP contribution in [0.15, 0.2) is 29.6 Å². The van der Waals surface area contributed by atoms with Crippen LogP contribution in [0.3, 0.4) is 0 Å². The topological polar surface area (TPSA) is 84.7 Å². The molecule has 0 aliphatic heterocycles. The van der Waals surface area contributed by atoms with E-state index >= 15 is 0 Å². The van der Waals surface area contributed by atoms with Gasteiger partial charge in [0, 0.05) is 10.9 Å². The minimum atomic E-state index is -0.358. The number of aryl methyl sites for hydroxylation is 1. The van der Waals surface area contributed by atoms with Crippen molar-refractivity contribution in [2.24, 2.45) is 5.73 Å². The van der Waals surface area contributed by atoms with Crippen molar-refractivity contribution in [3.8, 4) is 0 Å². The normalized spacial score (nSPS) is 11.2. The predicted molar refractivity (Wildman–Crippen MR) is 76.1 cm³/mol. The Balaban J connectivity index is 2.19. The van der Waals surface area contributed by atoms with Gasteiger partial charge in [-0.25, -0.2) is 9.97 Å². The van der Waals surface area contributed by atoms with Crippen LogP contribution in [0.2, 0.25) is 0 Å². The Kier molecular flexibility index (Phi) is 2.87. The molecule has 2 heterocycles. The molecule has 3 N–H and O–H groups in total. The first-order valence-corrected chi connectivity index (χ1v) is 6.78. The van der Waals surface area contributed by atoms with Crippen molar-refractivity contribution in [3.63, 3.8) is 0 Å². The lowest BCUT2D eigenvalue weighted by Crippen LogP contribution is -2.13. The minimum Gasteiger partial charge on any atom is -0.369 e. The second-order valence-electron chi connectivity index (χ2n) is 4.33. The summed E-state index contributed by atoms with van der Waals surface area (Å²) < 4.78 is 0. The first-order valence-electron chi connectivity index (χ1n) is 5.79. The molecule has 0 atom stereocenters. The Morgan fingerprint density at radius 3 is 3.05 bits per heavy atom. The van der Waals surface area contributed by atoms with Gasteiger partial charge in [-0.2, -0.15) is 0 Å². The zero-order valence-corrected chi connectivity index (χ0v) is 11.1.